The van der Waals surface area contributed by atoms with Crippen molar-refractivity contribution in [2.24, 2.45) is 5.41 Å². The van der Waals surface area contributed by atoms with E-state index < -0.39 is 23.4 Å². The molecule has 0 aliphatic rings. The van der Waals surface area contributed by atoms with Crippen LogP contribution in [0.25, 0.3) is 0 Å². The van der Waals surface area contributed by atoms with Gasteiger partial charge >= 0.3 is 11.9 Å². The molecule has 0 aromatic carbocycles. The van der Waals surface area contributed by atoms with Gasteiger partial charge in [-0.15, -0.1) is 0 Å². The van der Waals surface area contributed by atoms with E-state index in [1.807, 2.05) is 0 Å². The Kier molecular flexibility index (Phi) is 5.64. The van der Waals surface area contributed by atoms with Crippen molar-refractivity contribution in [3.05, 3.63) is 0 Å². The quantitative estimate of drug-likeness (QED) is 0.643. The first-order chi connectivity index (χ1) is 7.64. The average Bonchev–Trinajstić information content (AvgIpc) is 2.13. The lowest BCUT2D eigenvalue weighted by atomic mass is 9.95. The van der Waals surface area contributed by atoms with Crippen LogP contribution in [-0.4, -0.2) is 34.1 Å². The van der Waals surface area contributed by atoms with E-state index in [0.717, 1.165) is 0 Å². The smallest absolute Gasteiger partial charge is 0.326 e. The van der Waals surface area contributed by atoms with Crippen molar-refractivity contribution in [1.82, 2.24) is 5.32 Å². The Morgan fingerprint density at radius 1 is 1.18 bits per heavy atom. The molecular weight excluding hydrogens is 226 g/mol. The van der Waals surface area contributed by atoms with E-state index in [4.69, 9.17) is 10.2 Å². The molecule has 1 atom stereocenters. The molecule has 0 aromatic heterocycles. The molecule has 0 spiro atoms. The Bertz CT molecular complexity index is 305. The van der Waals surface area contributed by atoms with Crippen LogP contribution in [0.15, 0.2) is 0 Å². The minimum absolute atomic E-state index is 0.102. The van der Waals surface area contributed by atoms with E-state index in [-0.39, 0.29) is 25.2 Å². The van der Waals surface area contributed by atoms with Crippen LogP contribution in [0.4, 0.5) is 0 Å². The second-order valence-corrected chi connectivity index (χ2v) is 4.90. The van der Waals surface area contributed by atoms with Gasteiger partial charge in [0.05, 0.1) is 0 Å². The van der Waals surface area contributed by atoms with E-state index in [1.54, 1.807) is 20.8 Å². The number of aliphatic carboxylic acids is 2. The van der Waals surface area contributed by atoms with Gasteiger partial charge < -0.3 is 15.5 Å². The van der Waals surface area contributed by atoms with Gasteiger partial charge in [-0.05, 0) is 12.8 Å². The fraction of sp³-hybridized carbons (Fsp3) is 0.727. The lowest BCUT2D eigenvalue weighted by Gasteiger charge is -2.21. The minimum Gasteiger partial charge on any atom is -0.481 e. The van der Waals surface area contributed by atoms with E-state index >= 15 is 0 Å². The molecule has 0 rings (SSSR count). The van der Waals surface area contributed by atoms with Gasteiger partial charge in [0.2, 0.25) is 5.91 Å². The third-order valence-electron chi connectivity index (χ3n) is 2.17. The van der Waals surface area contributed by atoms with Gasteiger partial charge in [0.15, 0.2) is 0 Å². The van der Waals surface area contributed by atoms with Crippen LogP contribution in [-0.2, 0) is 14.4 Å². The molecule has 0 fully saturated rings. The summed E-state index contributed by atoms with van der Waals surface area (Å²) in [5.74, 6) is -2.48. The lowest BCUT2D eigenvalue weighted by molar-refractivity contribution is -0.144. The highest BCUT2D eigenvalue weighted by Crippen LogP contribution is 2.14. The van der Waals surface area contributed by atoms with Crippen molar-refractivity contribution < 1.29 is 24.6 Å². The molecule has 0 saturated heterocycles. The summed E-state index contributed by atoms with van der Waals surface area (Å²) >= 11 is 0. The number of hydrogen-bond acceptors (Lipinski definition) is 3. The summed E-state index contributed by atoms with van der Waals surface area (Å²) in [4.78, 5) is 32.8. The number of nitrogens with one attached hydrogen (secondary N) is 1. The van der Waals surface area contributed by atoms with Gasteiger partial charge in [0, 0.05) is 11.8 Å². The minimum atomic E-state index is -1.15. The SMILES string of the molecule is CC(C)(C)C(=O)NC(CCCC(=O)O)C(=O)O. The first-order valence-corrected chi connectivity index (χ1v) is 5.40. The molecule has 98 valence electrons. The lowest BCUT2D eigenvalue weighted by Crippen LogP contribution is -2.45. The highest BCUT2D eigenvalue weighted by atomic mass is 16.4. The van der Waals surface area contributed by atoms with Crippen molar-refractivity contribution in [3.8, 4) is 0 Å². The molecule has 3 N–H and O–H groups in total. The third kappa shape index (κ3) is 6.55. The number of carbonyl (C=O) groups excluding carboxylic acids is 1. The molecule has 0 radical (unpaired) electrons. The molecule has 1 unspecified atom stereocenters. The van der Waals surface area contributed by atoms with Crippen molar-refractivity contribution in [1.29, 1.82) is 0 Å². The molecule has 0 aromatic rings. The molecule has 0 bridgehead atoms. The molecule has 6 nitrogen and oxygen atoms in total. The second kappa shape index (κ2) is 6.22. The number of carboxylic acids is 2. The maximum absolute atomic E-state index is 11.6. The van der Waals surface area contributed by atoms with Gasteiger partial charge in [0.1, 0.15) is 6.04 Å². The highest BCUT2D eigenvalue weighted by Gasteiger charge is 2.27. The van der Waals surface area contributed by atoms with Crippen LogP contribution in [0, 0.1) is 5.41 Å². The molecule has 0 heterocycles. The van der Waals surface area contributed by atoms with Crippen LogP contribution in [0.5, 0.6) is 0 Å². The summed E-state index contributed by atoms with van der Waals surface area (Å²) in [5, 5.41) is 19.7. The first kappa shape index (κ1) is 15.4. The zero-order chi connectivity index (χ0) is 13.6. The average molecular weight is 245 g/mol. The van der Waals surface area contributed by atoms with E-state index in [2.05, 4.69) is 5.32 Å². The standard InChI is InChI=1S/C11H19NO5/c1-11(2,3)10(17)12-7(9(15)16)5-4-6-8(13)14/h7H,4-6H2,1-3H3,(H,12,17)(H,13,14)(H,15,16). The van der Waals surface area contributed by atoms with Gasteiger partial charge in [0.25, 0.3) is 0 Å². The van der Waals surface area contributed by atoms with Crippen LogP contribution in [0.2, 0.25) is 0 Å². The highest BCUT2D eigenvalue weighted by molar-refractivity contribution is 5.86. The van der Waals surface area contributed by atoms with E-state index in [9.17, 15) is 14.4 Å². The Balaban J connectivity index is 4.31. The molecule has 0 saturated carbocycles. The monoisotopic (exact) mass is 245 g/mol. The van der Waals surface area contributed by atoms with Crippen LogP contribution in [0.3, 0.4) is 0 Å². The van der Waals surface area contributed by atoms with Gasteiger partial charge in [-0.2, -0.15) is 0 Å². The Morgan fingerprint density at radius 2 is 1.71 bits per heavy atom. The molecule has 0 aliphatic heterocycles. The number of rotatable bonds is 6. The molecule has 0 aliphatic carbocycles. The van der Waals surface area contributed by atoms with E-state index in [0.29, 0.717) is 0 Å². The predicted molar refractivity (Wildman–Crippen MR) is 60.5 cm³/mol. The largest absolute Gasteiger partial charge is 0.481 e. The van der Waals surface area contributed by atoms with Crippen LogP contribution >= 0.6 is 0 Å². The maximum atomic E-state index is 11.6. The zero-order valence-electron chi connectivity index (χ0n) is 10.3. The predicted octanol–water partition coefficient (Wildman–Crippen LogP) is 0.857. The fourth-order valence-corrected chi connectivity index (χ4v) is 1.09. The van der Waals surface area contributed by atoms with Gasteiger partial charge in [-0.3, -0.25) is 9.59 Å². The van der Waals surface area contributed by atoms with E-state index in [1.165, 1.54) is 0 Å². The Morgan fingerprint density at radius 3 is 2.06 bits per heavy atom. The van der Waals surface area contributed by atoms with Crippen LogP contribution < -0.4 is 5.32 Å². The van der Waals surface area contributed by atoms with Gasteiger partial charge in [-0.1, -0.05) is 20.8 Å². The summed E-state index contributed by atoms with van der Waals surface area (Å²) < 4.78 is 0. The summed E-state index contributed by atoms with van der Waals surface area (Å²) in [7, 11) is 0. The van der Waals surface area contributed by atoms with Gasteiger partial charge in [-0.25, -0.2) is 4.79 Å². The fourth-order valence-electron chi connectivity index (χ4n) is 1.09. The van der Waals surface area contributed by atoms with Crippen molar-refractivity contribution in [2.45, 2.75) is 46.1 Å². The topological polar surface area (TPSA) is 104 Å². The maximum Gasteiger partial charge on any atom is 0.326 e. The summed E-state index contributed by atoms with van der Waals surface area (Å²) in [6, 6.07) is -1.03. The number of hydrogen-bond donors (Lipinski definition) is 3. The summed E-state index contributed by atoms with van der Waals surface area (Å²) in [5.41, 5.74) is -0.666. The van der Waals surface area contributed by atoms with Crippen molar-refractivity contribution in [3.63, 3.8) is 0 Å². The Hall–Kier alpha value is -1.59. The normalized spacial score (nSPS) is 12.9. The van der Waals surface area contributed by atoms with Crippen LogP contribution in [0.1, 0.15) is 40.0 Å². The molecular formula is C11H19NO5. The number of carboxylic acid groups (broad SMARTS) is 2. The van der Waals surface area contributed by atoms with Crippen molar-refractivity contribution >= 4 is 17.8 Å². The molecule has 17 heavy (non-hydrogen) atoms. The third-order valence-corrected chi connectivity index (χ3v) is 2.17. The number of carbonyl (C=O) groups is 3. The Labute approximate surface area is 100 Å². The van der Waals surface area contributed by atoms with Crippen molar-refractivity contribution in [2.75, 3.05) is 0 Å². The summed E-state index contributed by atoms with van der Waals surface area (Å²) in [6.07, 6.45) is 0.231. The molecule has 1 amide bonds. The first-order valence-electron chi connectivity index (χ1n) is 5.40. The zero-order valence-corrected chi connectivity index (χ0v) is 10.3. The number of amides is 1. The summed E-state index contributed by atoms with van der Waals surface area (Å²) in [6.45, 7) is 5.04. The second-order valence-electron chi connectivity index (χ2n) is 4.90. The molecule has 6 heteroatoms.